The van der Waals surface area contributed by atoms with Crippen LogP contribution in [0.25, 0.3) is 0 Å². The summed E-state index contributed by atoms with van der Waals surface area (Å²) in [5.41, 5.74) is 0.230. The van der Waals surface area contributed by atoms with Crippen LogP contribution in [-0.2, 0) is 9.57 Å². The molecule has 0 atom stereocenters. The minimum absolute atomic E-state index is 0.0311. The molecule has 0 radical (unpaired) electrons. The number of phenols is 1. The highest BCUT2D eigenvalue weighted by molar-refractivity contribution is 7.97. The van der Waals surface area contributed by atoms with E-state index in [1.807, 2.05) is 0 Å². The second kappa shape index (κ2) is 13.2. The summed E-state index contributed by atoms with van der Waals surface area (Å²) in [5.74, 6) is 0.581. The molecule has 23 heavy (non-hydrogen) atoms. The molecule has 1 aromatic carbocycles. The Morgan fingerprint density at radius 1 is 1.09 bits per heavy atom. The number of hydrogen-bond acceptors (Lipinski definition) is 6. The van der Waals surface area contributed by atoms with Crippen LogP contribution < -0.4 is 4.89 Å². The first-order chi connectivity index (χ1) is 11.3. The Morgan fingerprint density at radius 3 is 2.43 bits per heavy atom. The Labute approximate surface area is 142 Å². The van der Waals surface area contributed by atoms with Gasteiger partial charge in [0.15, 0.2) is 0 Å². The number of hydrogen-bond donors (Lipinski definition) is 2. The largest absolute Gasteiger partial charge is 0.507 e. The molecular weight excluding hydrogens is 314 g/mol. The number of unbranched alkanes of at least 4 members (excludes halogenated alkanes) is 6. The number of para-hydroxylation sites is 1. The third kappa shape index (κ3) is 9.48. The third-order valence-electron chi connectivity index (χ3n) is 3.39. The van der Waals surface area contributed by atoms with Gasteiger partial charge in [0.05, 0.1) is 13.7 Å². The number of esters is 1. The molecule has 1 aromatic rings. The molecule has 0 saturated heterocycles. The number of benzene rings is 1. The molecule has 130 valence electrons. The molecule has 6 heteroatoms. The first-order valence-electron chi connectivity index (χ1n) is 8.10. The molecular formula is C17H27NO4S. The van der Waals surface area contributed by atoms with E-state index in [1.54, 1.807) is 37.3 Å². The maximum absolute atomic E-state index is 11.7. The first kappa shape index (κ1) is 19.8. The van der Waals surface area contributed by atoms with Crippen LogP contribution in [0.15, 0.2) is 24.3 Å². The Morgan fingerprint density at radius 2 is 1.74 bits per heavy atom. The molecule has 0 aliphatic carbocycles. The molecule has 0 fully saturated rings. The zero-order valence-electron chi connectivity index (χ0n) is 13.8. The van der Waals surface area contributed by atoms with Crippen LogP contribution in [0.2, 0.25) is 0 Å². The third-order valence-corrected chi connectivity index (χ3v) is 4.17. The van der Waals surface area contributed by atoms with E-state index in [9.17, 15) is 9.90 Å². The van der Waals surface area contributed by atoms with Crippen molar-refractivity contribution in [2.24, 2.45) is 0 Å². The van der Waals surface area contributed by atoms with E-state index in [4.69, 9.17) is 9.57 Å². The number of nitrogens with one attached hydrogen (secondary N) is 1. The summed E-state index contributed by atoms with van der Waals surface area (Å²) in [4.78, 5) is 19.2. The molecule has 0 aliphatic heterocycles. The van der Waals surface area contributed by atoms with Crippen LogP contribution >= 0.6 is 11.9 Å². The van der Waals surface area contributed by atoms with Crippen molar-refractivity contribution in [1.29, 1.82) is 0 Å². The van der Waals surface area contributed by atoms with Crippen molar-refractivity contribution in [3.05, 3.63) is 29.8 Å². The predicted molar refractivity (Wildman–Crippen MR) is 93.3 cm³/mol. The molecule has 5 nitrogen and oxygen atoms in total. The van der Waals surface area contributed by atoms with Gasteiger partial charge in [-0.3, -0.25) is 4.84 Å². The van der Waals surface area contributed by atoms with E-state index in [-0.39, 0.29) is 11.3 Å². The van der Waals surface area contributed by atoms with Gasteiger partial charge in [0, 0.05) is 5.75 Å². The van der Waals surface area contributed by atoms with E-state index in [0.29, 0.717) is 6.61 Å². The predicted octanol–water partition coefficient (Wildman–Crippen LogP) is 4.08. The molecule has 0 aliphatic rings. The van der Waals surface area contributed by atoms with Gasteiger partial charge in [-0.2, -0.15) is 0 Å². The van der Waals surface area contributed by atoms with Gasteiger partial charge in [-0.1, -0.05) is 56.2 Å². The van der Waals surface area contributed by atoms with Gasteiger partial charge in [-0.15, -0.1) is 4.89 Å². The molecule has 0 aromatic heterocycles. The van der Waals surface area contributed by atoms with Crippen LogP contribution in [0.3, 0.4) is 0 Å². The second-order valence-electron chi connectivity index (χ2n) is 5.26. The van der Waals surface area contributed by atoms with Gasteiger partial charge in [-0.05, 0) is 25.0 Å². The lowest BCUT2D eigenvalue weighted by atomic mass is 10.1. The molecule has 1 rings (SSSR count). The molecule has 0 amide bonds. The summed E-state index contributed by atoms with van der Waals surface area (Å²) in [5, 5.41) is 9.56. The minimum atomic E-state index is -0.453. The normalized spacial score (nSPS) is 10.7. The fourth-order valence-corrected chi connectivity index (χ4v) is 2.70. The lowest BCUT2D eigenvalue weighted by molar-refractivity contribution is 0.0494. The van der Waals surface area contributed by atoms with Crippen molar-refractivity contribution in [3.63, 3.8) is 0 Å². The second-order valence-corrected chi connectivity index (χ2v) is 6.13. The standard InChI is InChI=1S/C17H27NO4S/c1-21-18-23-14-10-6-4-2-3-5-9-13-22-17(20)15-11-7-8-12-16(15)19/h7-8,11-12,18-19H,2-6,9-10,13-14H2,1H3. The summed E-state index contributed by atoms with van der Waals surface area (Å²) in [6, 6.07) is 6.44. The maximum Gasteiger partial charge on any atom is 0.341 e. The Bertz CT molecular complexity index is 442. The summed E-state index contributed by atoms with van der Waals surface area (Å²) in [6.45, 7) is 0.409. The van der Waals surface area contributed by atoms with E-state index < -0.39 is 5.97 Å². The number of carbonyl (C=O) groups excluding carboxylic acids is 1. The van der Waals surface area contributed by atoms with Crippen molar-refractivity contribution < 1.29 is 19.5 Å². The zero-order valence-corrected chi connectivity index (χ0v) is 14.6. The lowest BCUT2D eigenvalue weighted by Gasteiger charge is -2.06. The molecule has 2 N–H and O–H groups in total. The number of phenolic OH excluding ortho intramolecular Hbond substituents is 1. The minimum Gasteiger partial charge on any atom is -0.507 e. The Kier molecular flexibility index (Phi) is 11.4. The Balaban J connectivity index is 1.92. The van der Waals surface area contributed by atoms with Gasteiger partial charge in [0.25, 0.3) is 0 Å². The summed E-state index contributed by atoms with van der Waals surface area (Å²) in [6.07, 6.45) is 7.99. The van der Waals surface area contributed by atoms with E-state index >= 15 is 0 Å². The number of ether oxygens (including phenoxy) is 1. The van der Waals surface area contributed by atoms with E-state index in [0.717, 1.165) is 25.0 Å². The smallest absolute Gasteiger partial charge is 0.341 e. The zero-order chi connectivity index (χ0) is 16.8. The number of carbonyl (C=O) groups is 1. The molecule has 0 bridgehead atoms. The van der Waals surface area contributed by atoms with Crippen LogP contribution in [0, 0.1) is 0 Å². The average molecular weight is 341 g/mol. The number of aromatic hydroxyl groups is 1. The monoisotopic (exact) mass is 341 g/mol. The number of rotatable bonds is 13. The van der Waals surface area contributed by atoms with Gasteiger partial charge in [0.1, 0.15) is 11.3 Å². The van der Waals surface area contributed by atoms with Crippen molar-refractivity contribution in [2.75, 3.05) is 19.5 Å². The van der Waals surface area contributed by atoms with Crippen LogP contribution in [0.4, 0.5) is 0 Å². The molecule has 0 unspecified atom stereocenters. The molecule has 0 spiro atoms. The summed E-state index contributed by atoms with van der Waals surface area (Å²) >= 11 is 1.59. The first-order valence-corrected chi connectivity index (χ1v) is 9.09. The van der Waals surface area contributed by atoms with Gasteiger partial charge in [-0.25, -0.2) is 4.79 Å². The van der Waals surface area contributed by atoms with Crippen molar-refractivity contribution >= 4 is 17.9 Å². The Hall–Kier alpha value is -1.24. The highest BCUT2D eigenvalue weighted by Gasteiger charge is 2.10. The van der Waals surface area contributed by atoms with Gasteiger partial charge in [0.2, 0.25) is 0 Å². The maximum atomic E-state index is 11.7. The highest BCUT2D eigenvalue weighted by atomic mass is 32.2. The van der Waals surface area contributed by atoms with Crippen molar-refractivity contribution in [2.45, 2.75) is 44.9 Å². The van der Waals surface area contributed by atoms with Gasteiger partial charge < -0.3 is 9.84 Å². The highest BCUT2D eigenvalue weighted by Crippen LogP contribution is 2.17. The van der Waals surface area contributed by atoms with Crippen LogP contribution in [0.5, 0.6) is 5.75 Å². The van der Waals surface area contributed by atoms with Crippen LogP contribution in [0.1, 0.15) is 55.3 Å². The van der Waals surface area contributed by atoms with Crippen molar-refractivity contribution in [3.8, 4) is 5.75 Å². The summed E-state index contributed by atoms with van der Waals surface area (Å²) < 4.78 is 5.17. The molecule has 0 heterocycles. The molecule has 0 saturated carbocycles. The van der Waals surface area contributed by atoms with Crippen LogP contribution in [-0.4, -0.2) is 30.5 Å². The topological polar surface area (TPSA) is 67.8 Å². The fraction of sp³-hybridized carbons (Fsp3) is 0.588. The summed E-state index contributed by atoms with van der Waals surface area (Å²) in [7, 11) is 1.62. The SMILES string of the molecule is CONSCCCCCCCCCOC(=O)c1ccccc1O. The fourth-order valence-electron chi connectivity index (χ4n) is 2.15. The lowest BCUT2D eigenvalue weighted by Crippen LogP contribution is -2.06. The quantitative estimate of drug-likeness (QED) is 0.244. The van der Waals surface area contributed by atoms with Crippen molar-refractivity contribution in [1.82, 2.24) is 4.89 Å². The van der Waals surface area contributed by atoms with Gasteiger partial charge >= 0.3 is 5.97 Å². The average Bonchev–Trinajstić information content (AvgIpc) is 2.56. The van der Waals surface area contributed by atoms with E-state index in [1.165, 1.54) is 31.7 Å². The van der Waals surface area contributed by atoms with E-state index in [2.05, 4.69) is 4.89 Å².